The molecule has 3 fully saturated rings. The maximum Gasteiger partial charge on any atom is 0.0200 e. The number of fused-ring (bicyclic) bond motifs is 2. The van der Waals surface area contributed by atoms with Crippen LogP contribution in [0.1, 0.15) is 32.1 Å². The monoisotopic (exact) mass is 180 g/mol. The first-order valence-electron chi connectivity index (χ1n) is 5.88. The first kappa shape index (κ1) is 8.25. The molecule has 1 unspecified atom stereocenters. The second-order valence-corrected chi connectivity index (χ2v) is 5.14. The minimum absolute atomic E-state index is 0.826. The molecule has 0 amide bonds. The molecular formula is C11H20N2. The Balaban J connectivity index is 1.57. The number of nitrogens with one attached hydrogen (secondary N) is 1. The summed E-state index contributed by atoms with van der Waals surface area (Å²) in [4.78, 5) is 2.66. The minimum atomic E-state index is 0.826. The van der Waals surface area contributed by atoms with Crippen LogP contribution in [0.3, 0.4) is 0 Å². The molecule has 3 aliphatic rings. The predicted molar refractivity (Wildman–Crippen MR) is 53.7 cm³/mol. The molecule has 2 bridgehead atoms. The molecule has 74 valence electrons. The SMILES string of the molecule is C1C[C@H]2C[C@@H](NC3CC3)CN(C1)C2. The molecule has 0 radical (unpaired) electrons. The lowest BCUT2D eigenvalue weighted by molar-refractivity contribution is 0.0968. The zero-order valence-electron chi connectivity index (χ0n) is 8.34. The molecule has 13 heavy (non-hydrogen) atoms. The van der Waals surface area contributed by atoms with Gasteiger partial charge in [0, 0.05) is 25.2 Å². The second-order valence-electron chi connectivity index (χ2n) is 5.14. The van der Waals surface area contributed by atoms with Crippen LogP contribution in [0.15, 0.2) is 0 Å². The number of piperidine rings is 2. The fourth-order valence-electron chi connectivity index (χ4n) is 3.00. The molecule has 0 aromatic heterocycles. The van der Waals surface area contributed by atoms with Gasteiger partial charge in [-0.15, -0.1) is 0 Å². The van der Waals surface area contributed by atoms with Crippen LogP contribution in [0.5, 0.6) is 0 Å². The summed E-state index contributed by atoms with van der Waals surface area (Å²) in [5, 5.41) is 3.78. The molecule has 2 aliphatic heterocycles. The van der Waals surface area contributed by atoms with Gasteiger partial charge in [0.25, 0.3) is 0 Å². The van der Waals surface area contributed by atoms with Gasteiger partial charge in [-0.2, -0.15) is 0 Å². The zero-order valence-corrected chi connectivity index (χ0v) is 8.34. The maximum absolute atomic E-state index is 3.78. The van der Waals surface area contributed by atoms with Gasteiger partial charge in [-0.05, 0) is 44.6 Å². The summed E-state index contributed by atoms with van der Waals surface area (Å²) in [6, 6.07) is 1.72. The Hall–Kier alpha value is -0.0800. The van der Waals surface area contributed by atoms with Crippen LogP contribution in [-0.4, -0.2) is 36.6 Å². The van der Waals surface area contributed by atoms with Crippen LogP contribution in [0.4, 0.5) is 0 Å². The Bertz CT molecular complexity index is 177. The van der Waals surface area contributed by atoms with Gasteiger partial charge in [-0.25, -0.2) is 0 Å². The number of rotatable bonds is 2. The van der Waals surface area contributed by atoms with Crippen molar-refractivity contribution in [3.63, 3.8) is 0 Å². The summed E-state index contributed by atoms with van der Waals surface area (Å²) in [6.45, 7) is 4.08. The normalized spacial score (nSPS) is 44.8. The molecule has 2 heteroatoms. The average molecular weight is 180 g/mol. The van der Waals surface area contributed by atoms with Crippen LogP contribution in [-0.2, 0) is 0 Å². The van der Waals surface area contributed by atoms with Gasteiger partial charge in [0.05, 0.1) is 0 Å². The van der Waals surface area contributed by atoms with Crippen molar-refractivity contribution in [1.82, 2.24) is 10.2 Å². The molecule has 2 saturated heterocycles. The Morgan fingerprint density at radius 1 is 1.00 bits per heavy atom. The summed E-state index contributed by atoms with van der Waals surface area (Å²) in [5.74, 6) is 1.01. The molecule has 3 atom stereocenters. The molecule has 0 spiro atoms. The molecule has 3 rings (SSSR count). The van der Waals surface area contributed by atoms with Gasteiger partial charge in [0.2, 0.25) is 0 Å². The van der Waals surface area contributed by atoms with Gasteiger partial charge in [-0.3, -0.25) is 0 Å². The maximum atomic E-state index is 3.78. The van der Waals surface area contributed by atoms with E-state index in [-0.39, 0.29) is 0 Å². The standard InChI is InChI=1S/C11H20N2/c1-2-9-6-11(12-10-3-4-10)8-13(5-1)7-9/h9-12H,1-8H2/t9-,11+/m0/s1. The summed E-state index contributed by atoms with van der Waals surface area (Å²) in [7, 11) is 0. The number of nitrogens with zero attached hydrogens (tertiary/aromatic N) is 1. The van der Waals surface area contributed by atoms with Gasteiger partial charge in [0.1, 0.15) is 0 Å². The average Bonchev–Trinajstić information content (AvgIpc) is 2.87. The fourth-order valence-corrected chi connectivity index (χ4v) is 3.00. The van der Waals surface area contributed by atoms with Crippen molar-refractivity contribution in [2.24, 2.45) is 5.92 Å². The van der Waals surface area contributed by atoms with E-state index in [1.807, 2.05) is 0 Å². The summed E-state index contributed by atoms with van der Waals surface area (Å²) < 4.78 is 0. The Morgan fingerprint density at radius 2 is 1.92 bits per heavy atom. The smallest absolute Gasteiger partial charge is 0.0200 e. The highest BCUT2D eigenvalue weighted by Gasteiger charge is 2.32. The molecule has 0 aromatic rings. The van der Waals surface area contributed by atoms with E-state index < -0.39 is 0 Å². The van der Waals surface area contributed by atoms with Crippen molar-refractivity contribution in [2.45, 2.75) is 44.2 Å². The largest absolute Gasteiger partial charge is 0.310 e. The van der Waals surface area contributed by atoms with E-state index in [0.29, 0.717) is 0 Å². The van der Waals surface area contributed by atoms with E-state index in [4.69, 9.17) is 0 Å². The van der Waals surface area contributed by atoms with Crippen LogP contribution in [0.2, 0.25) is 0 Å². The molecule has 1 saturated carbocycles. The molecule has 2 heterocycles. The van der Waals surface area contributed by atoms with E-state index >= 15 is 0 Å². The van der Waals surface area contributed by atoms with Gasteiger partial charge < -0.3 is 10.2 Å². The topological polar surface area (TPSA) is 15.3 Å². The number of hydrogen-bond acceptors (Lipinski definition) is 2. The number of hydrogen-bond donors (Lipinski definition) is 1. The van der Waals surface area contributed by atoms with Crippen molar-refractivity contribution < 1.29 is 0 Å². The van der Waals surface area contributed by atoms with Gasteiger partial charge in [0.15, 0.2) is 0 Å². The van der Waals surface area contributed by atoms with Crippen molar-refractivity contribution in [2.75, 3.05) is 19.6 Å². The Kier molecular flexibility index (Phi) is 2.06. The third-order valence-corrected chi connectivity index (χ3v) is 3.75. The van der Waals surface area contributed by atoms with Crippen molar-refractivity contribution in [1.29, 1.82) is 0 Å². The lowest BCUT2D eigenvalue weighted by atomic mass is 9.87. The van der Waals surface area contributed by atoms with Crippen molar-refractivity contribution >= 4 is 0 Å². The molecular weight excluding hydrogens is 160 g/mol. The highest BCUT2D eigenvalue weighted by atomic mass is 15.2. The van der Waals surface area contributed by atoms with E-state index in [9.17, 15) is 0 Å². The second kappa shape index (κ2) is 3.25. The van der Waals surface area contributed by atoms with Crippen molar-refractivity contribution in [3.05, 3.63) is 0 Å². The zero-order chi connectivity index (χ0) is 8.67. The van der Waals surface area contributed by atoms with Crippen LogP contribution < -0.4 is 5.32 Å². The van der Waals surface area contributed by atoms with Crippen molar-refractivity contribution in [3.8, 4) is 0 Å². The summed E-state index contributed by atoms with van der Waals surface area (Å²) in [6.07, 6.45) is 7.25. The lowest BCUT2D eigenvalue weighted by Crippen LogP contribution is -2.52. The molecule has 0 aromatic carbocycles. The van der Waals surface area contributed by atoms with Gasteiger partial charge in [-0.1, -0.05) is 0 Å². The Morgan fingerprint density at radius 3 is 2.69 bits per heavy atom. The lowest BCUT2D eigenvalue weighted by Gasteiger charge is -2.42. The third-order valence-electron chi connectivity index (χ3n) is 3.75. The fraction of sp³-hybridized carbons (Fsp3) is 1.00. The Labute approximate surface area is 80.7 Å². The first-order chi connectivity index (χ1) is 6.40. The van der Waals surface area contributed by atoms with Crippen LogP contribution in [0.25, 0.3) is 0 Å². The van der Waals surface area contributed by atoms with Gasteiger partial charge >= 0.3 is 0 Å². The highest BCUT2D eigenvalue weighted by molar-refractivity contribution is 4.91. The molecule has 1 aliphatic carbocycles. The summed E-state index contributed by atoms with van der Waals surface area (Å²) >= 11 is 0. The third kappa shape index (κ3) is 1.89. The van der Waals surface area contributed by atoms with Crippen LogP contribution >= 0.6 is 0 Å². The predicted octanol–water partition coefficient (Wildman–Crippen LogP) is 1.22. The molecule has 1 N–H and O–H groups in total. The minimum Gasteiger partial charge on any atom is -0.310 e. The van der Waals surface area contributed by atoms with E-state index in [1.165, 1.54) is 51.7 Å². The van der Waals surface area contributed by atoms with E-state index in [0.717, 1.165) is 18.0 Å². The first-order valence-corrected chi connectivity index (χ1v) is 5.88. The highest BCUT2D eigenvalue weighted by Crippen LogP contribution is 2.28. The summed E-state index contributed by atoms with van der Waals surface area (Å²) in [5.41, 5.74) is 0. The molecule has 2 nitrogen and oxygen atoms in total. The van der Waals surface area contributed by atoms with Crippen LogP contribution in [0, 0.1) is 5.92 Å². The van der Waals surface area contributed by atoms with E-state index in [2.05, 4.69) is 10.2 Å². The quantitative estimate of drug-likeness (QED) is 0.687. The van der Waals surface area contributed by atoms with E-state index in [1.54, 1.807) is 0 Å².